The molecule has 2 heterocycles. The first-order valence-corrected chi connectivity index (χ1v) is 8.43. The predicted molar refractivity (Wildman–Crippen MR) is 94.4 cm³/mol. The highest BCUT2D eigenvalue weighted by Crippen LogP contribution is 2.21. The molecule has 0 bridgehead atoms. The zero-order chi connectivity index (χ0) is 16.8. The summed E-state index contributed by atoms with van der Waals surface area (Å²) in [6.45, 7) is 5.01. The van der Waals surface area contributed by atoms with Gasteiger partial charge in [-0.2, -0.15) is 0 Å². The van der Waals surface area contributed by atoms with Gasteiger partial charge in [-0.25, -0.2) is 0 Å². The average molecular weight is 324 g/mol. The number of carbonyl (C=O) groups is 1. The van der Waals surface area contributed by atoms with E-state index >= 15 is 0 Å². The maximum absolute atomic E-state index is 12.5. The van der Waals surface area contributed by atoms with Crippen LogP contribution in [0.5, 0.6) is 0 Å². The Balaban J connectivity index is 1.62. The minimum absolute atomic E-state index is 0.0125. The van der Waals surface area contributed by atoms with Crippen LogP contribution in [0.3, 0.4) is 0 Å². The minimum atomic E-state index is 0.0125. The topological polar surface area (TPSA) is 57.3 Å². The fourth-order valence-electron chi connectivity index (χ4n) is 3.13. The molecule has 5 heteroatoms. The number of pyridine rings is 1. The second kappa shape index (κ2) is 8.04. The maximum Gasteiger partial charge on any atom is 0.234 e. The van der Waals surface area contributed by atoms with Crippen LogP contribution in [-0.2, 0) is 4.79 Å². The zero-order valence-electron chi connectivity index (χ0n) is 14.0. The third-order valence-corrected chi connectivity index (χ3v) is 4.45. The van der Waals surface area contributed by atoms with Crippen molar-refractivity contribution >= 4 is 5.91 Å². The summed E-state index contributed by atoms with van der Waals surface area (Å²) in [6, 6.07) is 14.3. The monoisotopic (exact) mass is 324 g/mol. The van der Waals surface area contributed by atoms with Crippen molar-refractivity contribution in [1.82, 2.24) is 20.5 Å². The molecule has 0 saturated carbocycles. The molecule has 2 N–H and O–H groups in total. The van der Waals surface area contributed by atoms with Crippen molar-refractivity contribution in [1.29, 1.82) is 0 Å². The molecule has 0 radical (unpaired) electrons. The van der Waals surface area contributed by atoms with Gasteiger partial charge < -0.3 is 10.6 Å². The molecule has 1 aliphatic rings. The fraction of sp³-hybridized carbons (Fsp3) is 0.368. The van der Waals surface area contributed by atoms with Gasteiger partial charge in [0.2, 0.25) is 5.91 Å². The summed E-state index contributed by atoms with van der Waals surface area (Å²) in [5.41, 5.74) is 2.27. The van der Waals surface area contributed by atoms with Crippen LogP contribution in [0.4, 0.5) is 0 Å². The summed E-state index contributed by atoms with van der Waals surface area (Å²) >= 11 is 0. The van der Waals surface area contributed by atoms with Gasteiger partial charge in [0.05, 0.1) is 12.6 Å². The normalized spacial score (nSPS) is 19.6. The van der Waals surface area contributed by atoms with E-state index in [1.807, 2.05) is 49.5 Å². The van der Waals surface area contributed by atoms with E-state index < -0.39 is 0 Å². The van der Waals surface area contributed by atoms with Gasteiger partial charge in [0.1, 0.15) is 0 Å². The third kappa shape index (κ3) is 4.19. The number of carbonyl (C=O) groups excluding carboxylic acids is 1. The van der Waals surface area contributed by atoms with Crippen molar-refractivity contribution in [3.05, 3.63) is 66.0 Å². The molecule has 126 valence electrons. The molecule has 1 aromatic carbocycles. The number of benzene rings is 1. The summed E-state index contributed by atoms with van der Waals surface area (Å²) in [6.07, 6.45) is 3.66. The highest BCUT2D eigenvalue weighted by molar-refractivity contribution is 5.78. The second-order valence-corrected chi connectivity index (χ2v) is 6.18. The van der Waals surface area contributed by atoms with E-state index in [1.165, 1.54) is 0 Å². The summed E-state index contributed by atoms with van der Waals surface area (Å²) in [7, 11) is 0. The van der Waals surface area contributed by atoms with E-state index in [4.69, 9.17) is 0 Å². The molecular weight excluding hydrogens is 300 g/mol. The molecule has 2 aromatic rings. The van der Waals surface area contributed by atoms with Crippen molar-refractivity contribution in [3.8, 4) is 0 Å². The number of amides is 1. The van der Waals surface area contributed by atoms with Crippen LogP contribution in [0.25, 0.3) is 0 Å². The molecule has 1 fully saturated rings. The van der Waals surface area contributed by atoms with Gasteiger partial charge in [-0.1, -0.05) is 36.4 Å². The lowest BCUT2D eigenvalue weighted by atomic mass is 10.1. The molecule has 24 heavy (non-hydrogen) atoms. The van der Waals surface area contributed by atoms with Gasteiger partial charge in [0, 0.05) is 38.1 Å². The smallest absolute Gasteiger partial charge is 0.234 e. The van der Waals surface area contributed by atoms with E-state index in [2.05, 4.69) is 26.6 Å². The predicted octanol–water partition coefficient (Wildman–Crippen LogP) is 1.91. The van der Waals surface area contributed by atoms with Crippen molar-refractivity contribution < 1.29 is 4.79 Å². The molecule has 3 rings (SSSR count). The summed E-state index contributed by atoms with van der Waals surface area (Å²) in [5, 5.41) is 6.50. The Labute approximate surface area is 143 Å². The number of hydrogen-bond acceptors (Lipinski definition) is 4. The number of nitrogens with one attached hydrogen (secondary N) is 2. The fourth-order valence-corrected chi connectivity index (χ4v) is 3.13. The highest BCUT2D eigenvalue weighted by atomic mass is 16.2. The molecule has 1 amide bonds. The van der Waals surface area contributed by atoms with Gasteiger partial charge in [-0.15, -0.1) is 0 Å². The highest BCUT2D eigenvalue weighted by Gasteiger charge is 2.26. The van der Waals surface area contributed by atoms with E-state index in [1.54, 1.807) is 6.20 Å². The quantitative estimate of drug-likeness (QED) is 0.882. The second-order valence-electron chi connectivity index (χ2n) is 6.18. The van der Waals surface area contributed by atoms with Crippen molar-refractivity contribution in [2.45, 2.75) is 19.0 Å². The summed E-state index contributed by atoms with van der Waals surface area (Å²) in [5.74, 6) is 0.0575. The zero-order valence-corrected chi connectivity index (χ0v) is 14.0. The lowest BCUT2D eigenvalue weighted by molar-refractivity contribution is -0.123. The van der Waals surface area contributed by atoms with Crippen LogP contribution in [0.1, 0.15) is 30.1 Å². The molecule has 1 aliphatic heterocycles. The molecule has 0 aliphatic carbocycles. The van der Waals surface area contributed by atoms with Crippen LogP contribution in [0.15, 0.2) is 54.9 Å². The van der Waals surface area contributed by atoms with E-state index in [-0.39, 0.29) is 18.0 Å². The number of aromatic nitrogens is 1. The Hall–Kier alpha value is -2.24. The van der Waals surface area contributed by atoms with Crippen LogP contribution in [0, 0.1) is 0 Å². The Kier molecular flexibility index (Phi) is 5.56. The van der Waals surface area contributed by atoms with Gasteiger partial charge in [0.25, 0.3) is 0 Å². The molecule has 2 atom stereocenters. The first-order chi connectivity index (χ1) is 11.7. The van der Waals surface area contributed by atoms with E-state index in [0.717, 1.165) is 30.8 Å². The number of nitrogens with zero attached hydrogens (tertiary/aromatic N) is 2. The van der Waals surface area contributed by atoms with Crippen LogP contribution in [-0.4, -0.2) is 42.0 Å². The number of rotatable bonds is 5. The first kappa shape index (κ1) is 16.6. The molecule has 5 nitrogen and oxygen atoms in total. The van der Waals surface area contributed by atoms with Gasteiger partial charge in [0.15, 0.2) is 0 Å². The lowest BCUT2D eigenvalue weighted by Gasteiger charge is -2.36. The lowest BCUT2D eigenvalue weighted by Crippen LogP contribution is -2.49. The van der Waals surface area contributed by atoms with E-state index in [0.29, 0.717) is 6.54 Å². The molecule has 0 spiro atoms. The summed E-state index contributed by atoms with van der Waals surface area (Å²) < 4.78 is 0. The molecule has 1 saturated heterocycles. The standard InChI is InChI=1S/C19H24N4O/c1-15(16-6-3-2-4-7-16)22-19(24)14-23-11-10-21-13-18(23)17-8-5-9-20-12-17/h2-9,12,15,18,21H,10-11,13-14H2,1H3,(H,22,24). The van der Waals surface area contributed by atoms with E-state index in [9.17, 15) is 4.79 Å². The van der Waals surface area contributed by atoms with Crippen molar-refractivity contribution in [2.24, 2.45) is 0 Å². The van der Waals surface area contributed by atoms with Crippen LogP contribution in [0.2, 0.25) is 0 Å². The van der Waals surface area contributed by atoms with Crippen LogP contribution < -0.4 is 10.6 Å². The van der Waals surface area contributed by atoms with Gasteiger partial charge in [-0.05, 0) is 24.1 Å². The van der Waals surface area contributed by atoms with Gasteiger partial charge >= 0.3 is 0 Å². The summed E-state index contributed by atoms with van der Waals surface area (Å²) in [4.78, 5) is 18.9. The van der Waals surface area contributed by atoms with Crippen molar-refractivity contribution in [2.75, 3.05) is 26.2 Å². The molecule has 2 unspecified atom stereocenters. The molecule has 1 aromatic heterocycles. The maximum atomic E-state index is 12.5. The Morgan fingerprint density at radius 3 is 2.92 bits per heavy atom. The minimum Gasteiger partial charge on any atom is -0.348 e. The van der Waals surface area contributed by atoms with Crippen LogP contribution >= 0.6 is 0 Å². The Bertz CT molecular complexity index is 647. The van der Waals surface area contributed by atoms with Gasteiger partial charge in [-0.3, -0.25) is 14.7 Å². The first-order valence-electron chi connectivity index (χ1n) is 8.43. The SMILES string of the molecule is CC(NC(=O)CN1CCNCC1c1cccnc1)c1ccccc1. The van der Waals surface area contributed by atoms with Crippen molar-refractivity contribution in [3.63, 3.8) is 0 Å². The average Bonchev–Trinajstić information content (AvgIpc) is 2.63. The Morgan fingerprint density at radius 1 is 1.33 bits per heavy atom. The number of piperazine rings is 1. The number of hydrogen-bond donors (Lipinski definition) is 2. The molecular formula is C19H24N4O. The third-order valence-electron chi connectivity index (χ3n) is 4.45. The largest absolute Gasteiger partial charge is 0.348 e. The Morgan fingerprint density at radius 2 is 2.17 bits per heavy atom.